The topological polar surface area (TPSA) is 82.6 Å². The number of para-hydroxylation sites is 1. The third-order valence-corrected chi connectivity index (χ3v) is 6.40. The first kappa shape index (κ1) is 22.4. The summed E-state index contributed by atoms with van der Waals surface area (Å²) in [5, 5.41) is 12.1. The van der Waals surface area contributed by atoms with E-state index >= 15 is 0 Å². The SMILES string of the molecule is COc1ccc(/C(O)=C2/C(=O)C(=O)N(CCc3c[nH]c4ccccc34)C2c2ccccc2F)cc1. The molecule has 1 saturated heterocycles. The van der Waals surface area contributed by atoms with Crippen LogP contribution in [-0.2, 0) is 16.0 Å². The number of Topliss-reactive ketones (excluding diaryl/α,β-unsaturated/α-hetero) is 1. The van der Waals surface area contributed by atoms with Gasteiger partial charge in [-0.3, -0.25) is 9.59 Å². The van der Waals surface area contributed by atoms with E-state index in [1.165, 1.54) is 24.1 Å². The number of aromatic amines is 1. The van der Waals surface area contributed by atoms with E-state index in [4.69, 9.17) is 4.74 Å². The van der Waals surface area contributed by atoms with Crippen LogP contribution in [0.2, 0.25) is 0 Å². The van der Waals surface area contributed by atoms with Crippen LogP contribution in [0, 0.1) is 5.82 Å². The average Bonchev–Trinajstić information content (AvgIpc) is 3.41. The number of ketones is 1. The molecule has 7 heteroatoms. The number of halogens is 1. The van der Waals surface area contributed by atoms with Gasteiger partial charge in [0.25, 0.3) is 11.7 Å². The zero-order chi connectivity index (χ0) is 24.5. The van der Waals surface area contributed by atoms with Gasteiger partial charge < -0.3 is 19.7 Å². The summed E-state index contributed by atoms with van der Waals surface area (Å²) < 4.78 is 20.1. The maximum absolute atomic E-state index is 15.0. The Labute approximate surface area is 201 Å². The Hall–Kier alpha value is -4.39. The lowest BCUT2D eigenvalue weighted by Gasteiger charge is -2.25. The van der Waals surface area contributed by atoms with Crippen LogP contribution in [-0.4, -0.2) is 40.3 Å². The molecule has 0 aliphatic carbocycles. The number of nitrogens with zero attached hydrogens (tertiary/aromatic N) is 1. The highest BCUT2D eigenvalue weighted by atomic mass is 19.1. The Bertz CT molecular complexity index is 1460. The molecule has 1 unspecified atom stereocenters. The minimum atomic E-state index is -1.05. The number of rotatable bonds is 6. The Kier molecular flexibility index (Phi) is 5.82. The molecular formula is C28H23FN2O4. The molecule has 0 saturated carbocycles. The molecule has 2 N–H and O–H groups in total. The number of likely N-dealkylation sites (tertiary alicyclic amines) is 1. The smallest absolute Gasteiger partial charge is 0.295 e. The molecule has 4 aromatic rings. The van der Waals surface area contributed by atoms with Gasteiger partial charge in [-0.15, -0.1) is 0 Å². The van der Waals surface area contributed by atoms with Crippen LogP contribution in [0.25, 0.3) is 16.7 Å². The van der Waals surface area contributed by atoms with Crippen molar-refractivity contribution in [2.75, 3.05) is 13.7 Å². The first-order valence-corrected chi connectivity index (χ1v) is 11.2. The van der Waals surface area contributed by atoms with Gasteiger partial charge in [0.2, 0.25) is 0 Å². The number of nitrogens with one attached hydrogen (secondary N) is 1. The Morgan fingerprint density at radius 3 is 2.49 bits per heavy atom. The maximum Gasteiger partial charge on any atom is 0.295 e. The van der Waals surface area contributed by atoms with E-state index < -0.39 is 23.5 Å². The summed E-state index contributed by atoms with van der Waals surface area (Å²) in [7, 11) is 1.52. The molecule has 1 fully saturated rings. The van der Waals surface area contributed by atoms with Crippen molar-refractivity contribution in [3.05, 3.63) is 107 Å². The van der Waals surface area contributed by atoms with E-state index in [9.17, 15) is 19.1 Å². The van der Waals surface area contributed by atoms with Crippen molar-refractivity contribution in [2.45, 2.75) is 12.5 Å². The molecule has 1 atom stereocenters. The van der Waals surface area contributed by atoms with Crippen LogP contribution in [0.1, 0.15) is 22.7 Å². The van der Waals surface area contributed by atoms with Crippen LogP contribution in [0.5, 0.6) is 5.75 Å². The number of H-pyrrole nitrogens is 1. The number of aliphatic hydroxyl groups is 1. The summed E-state index contributed by atoms with van der Waals surface area (Å²) in [6.45, 7) is 0.171. The molecule has 1 amide bonds. The van der Waals surface area contributed by atoms with Crippen molar-refractivity contribution in [3.8, 4) is 5.75 Å². The fourth-order valence-corrected chi connectivity index (χ4v) is 4.61. The molecule has 35 heavy (non-hydrogen) atoms. The zero-order valence-electron chi connectivity index (χ0n) is 19.0. The number of fused-ring (bicyclic) bond motifs is 1. The van der Waals surface area contributed by atoms with Crippen molar-refractivity contribution in [1.82, 2.24) is 9.88 Å². The molecule has 5 rings (SSSR count). The molecule has 0 bridgehead atoms. The minimum absolute atomic E-state index is 0.135. The van der Waals surface area contributed by atoms with E-state index in [-0.39, 0.29) is 23.4 Å². The van der Waals surface area contributed by atoms with Crippen LogP contribution in [0.15, 0.2) is 84.6 Å². The average molecular weight is 471 g/mol. The summed E-state index contributed by atoms with van der Waals surface area (Å²) in [5.41, 5.74) is 2.30. The minimum Gasteiger partial charge on any atom is -0.507 e. The lowest BCUT2D eigenvalue weighted by Crippen LogP contribution is -2.32. The predicted octanol–water partition coefficient (Wildman–Crippen LogP) is 4.98. The van der Waals surface area contributed by atoms with Crippen LogP contribution < -0.4 is 4.74 Å². The fourth-order valence-electron chi connectivity index (χ4n) is 4.61. The lowest BCUT2D eigenvalue weighted by molar-refractivity contribution is -0.139. The first-order valence-electron chi connectivity index (χ1n) is 11.2. The second-order valence-corrected chi connectivity index (χ2v) is 8.35. The normalized spacial score (nSPS) is 17.3. The first-order chi connectivity index (χ1) is 17.0. The Morgan fingerprint density at radius 2 is 1.74 bits per heavy atom. The molecule has 6 nitrogen and oxygen atoms in total. The van der Waals surface area contributed by atoms with E-state index in [0.717, 1.165) is 16.5 Å². The standard InChI is InChI=1S/C28H23FN2O4/c1-35-19-12-10-17(11-13-19)26(32)24-25(21-7-2-4-8-22(21)29)31(28(34)27(24)33)15-14-18-16-30-23-9-5-3-6-20(18)23/h2-13,16,25,30,32H,14-15H2,1H3/b26-24-. The van der Waals surface area contributed by atoms with Crippen molar-refractivity contribution < 1.29 is 23.8 Å². The summed E-state index contributed by atoms with van der Waals surface area (Å²) in [5.74, 6) is -1.95. The van der Waals surface area contributed by atoms with E-state index in [0.29, 0.717) is 17.7 Å². The number of carbonyl (C=O) groups is 2. The van der Waals surface area contributed by atoms with Gasteiger partial charge in [0.05, 0.1) is 18.7 Å². The molecule has 1 aliphatic rings. The van der Waals surface area contributed by atoms with Gasteiger partial charge in [-0.25, -0.2) is 4.39 Å². The molecule has 176 valence electrons. The number of hydrogen-bond acceptors (Lipinski definition) is 4. The monoisotopic (exact) mass is 470 g/mol. The van der Waals surface area contributed by atoms with Crippen molar-refractivity contribution >= 4 is 28.4 Å². The van der Waals surface area contributed by atoms with E-state index in [2.05, 4.69) is 4.98 Å². The highest BCUT2D eigenvalue weighted by Crippen LogP contribution is 2.40. The van der Waals surface area contributed by atoms with Crippen LogP contribution >= 0.6 is 0 Å². The number of amides is 1. The molecular weight excluding hydrogens is 447 g/mol. The van der Waals surface area contributed by atoms with Crippen molar-refractivity contribution in [2.24, 2.45) is 0 Å². The van der Waals surface area contributed by atoms with Gasteiger partial charge in [-0.2, -0.15) is 0 Å². The molecule has 1 aliphatic heterocycles. The van der Waals surface area contributed by atoms with E-state index in [1.54, 1.807) is 36.4 Å². The second kappa shape index (κ2) is 9.10. The number of aliphatic hydroxyl groups excluding tert-OH is 1. The lowest BCUT2D eigenvalue weighted by atomic mass is 9.94. The summed E-state index contributed by atoms with van der Waals surface area (Å²) >= 11 is 0. The van der Waals surface area contributed by atoms with Crippen molar-refractivity contribution in [1.29, 1.82) is 0 Å². The van der Waals surface area contributed by atoms with Gasteiger partial charge in [-0.05, 0) is 48.4 Å². The molecule has 0 radical (unpaired) electrons. The van der Waals surface area contributed by atoms with Crippen molar-refractivity contribution in [3.63, 3.8) is 0 Å². The highest BCUT2D eigenvalue weighted by Gasteiger charge is 2.46. The fraction of sp³-hybridized carbons (Fsp3) is 0.143. The van der Waals surface area contributed by atoms with Crippen LogP contribution in [0.4, 0.5) is 4.39 Å². The summed E-state index contributed by atoms with van der Waals surface area (Å²) in [6.07, 6.45) is 2.32. The number of methoxy groups -OCH3 is 1. The quantitative estimate of drug-likeness (QED) is 0.237. The number of benzene rings is 3. The van der Waals surface area contributed by atoms with E-state index in [1.807, 2.05) is 30.5 Å². The number of ether oxygens (including phenoxy) is 1. The van der Waals surface area contributed by atoms with Crippen LogP contribution in [0.3, 0.4) is 0 Å². The molecule has 1 aromatic heterocycles. The molecule has 2 heterocycles. The maximum atomic E-state index is 15.0. The van der Waals surface area contributed by atoms with Gasteiger partial charge in [0, 0.05) is 34.8 Å². The summed E-state index contributed by atoms with van der Waals surface area (Å²) in [6, 6.07) is 19.2. The van der Waals surface area contributed by atoms with Gasteiger partial charge >= 0.3 is 0 Å². The second-order valence-electron chi connectivity index (χ2n) is 8.35. The zero-order valence-corrected chi connectivity index (χ0v) is 19.0. The predicted molar refractivity (Wildman–Crippen MR) is 130 cm³/mol. The summed E-state index contributed by atoms with van der Waals surface area (Å²) in [4.78, 5) is 30.9. The largest absolute Gasteiger partial charge is 0.507 e. The number of carbonyl (C=O) groups excluding carboxylic acids is 2. The Morgan fingerprint density at radius 1 is 1.03 bits per heavy atom. The molecule has 0 spiro atoms. The third kappa shape index (κ3) is 3.95. The molecule has 3 aromatic carbocycles. The number of aromatic nitrogens is 1. The third-order valence-electron chi connectivity index (χ3n) is 6.40. The van der Waals surface area contributed by atoms with Gasteiger partial charge in [-0.1, -0.05) is 36.4 Å². The highest BCUT2D eigenvalue weighted by molar-refractivity contribution is 6.46. The van der Waals surface area contributed by atoms with Gasteiger partial charge in [0.15, 0.2) is 0 Å². The van der Waals surface area contributed by atoms with Gasteiger partial charge in [0.1, 0.15) is 17.3 Å². The Balaban J connectivity index is 1.57. The number of hydrogen-bond donors (Lipinski definition) is 2.